The summed E-state index contributed by atoms with van der Waals surface area (Å²) < 4.78 is 43.9. The van der Waals surface area contributed by atoms with Crippen LogP contribution < -0.4 is 14.2 Å². The van der Waals surface area contributed by atoms with Crippen LogP contribution in [0.1, 0.15) is 25.3 Å². The van der Waals surface area contributed by atoms with Crippen LogP contribution >= 0.6 is 0 Å². The lowest BCUT2D eigenvalue weighted by atomic mass is 10.1. The molecule has 0 radical (unpaired) electrons. The van der Waals surface area contributed by atoms with Gasteiger partial charge in [0.2, 0.25) is 10.0 Å². The second-order valence-electron chi connectivity index (χ2n) is 5.43. The number of benzene rings is 1. The van der Waals surface area contributed by atoms with Gasteiger partial charge >= 0.3 is 0 Å². The van der Waals surface area contributed by atoms with E-state index in [0.29, 0.717) is 23.7 Å². The van der Waals surface area contributed by atoms with E-state index in [2.05, 4.69) is 4.72 Å². The molecule has 22 heavy (non-hydrogen) atoms. The Morgan fingerprint density at radius 1 is 1.27 bits per heavy atom. The van der Waals surface area contributed by atoms with E-state index in [0.717, 1.165) is 12.8 Å². The second-order valence-corrected chi connectivity index (χ2v) is 7.12. The molecule has 1 aromatic carbocycles. The molecule has 1 heterocycles. The van der Waals surface area contributed by atoms with E-state index in [1.54, 1.807) is 13.0 Å². The molecule has 0 spiro atoms. The van der Waals surface area contributed by atoms with Crippen molar-refractivity contribution in [2.24, 2.45) is 0 Å². The molecule has 7 heteroatoms. The summed E-state index contributed by atoms with van der Waals surface area (Å²) in [4.78, 5) is 0.190. The van der Waals surface area contributed by atoms with Crippen molar-refractivity contribution in [1.29, 1.82) is 0 Å². The fourth-order valence-corrected chi connectivity index (χ4v) is 4.15. The van der Waals surface area contributed by atoms with Crippen molar-refractivity contribution in [3.63, 3.8) is 0 Å². The van der Waals surface area contributed by atoms with Crippen LogP contribution in [0.15, 0.2) is 17.0 Å². The molecule has 0 saturated carbocycles. The highest BCUT2D eigenvalue weighted by Gasteiger charge is 2.28. The third-order valence-corrected chi connectivity index (χ3v) is 5.54. The van der Waals surface area contributed by atoms with Gasteiger partial charge in [0.05, 0.1) is 25.2 Å². The lowest BCUT2D eigenvalue weighted by molar-refractivity contribution is 0.0902. The SMILES string of the molecule is COc1cc(C)c(S(=O)(=O)N[C@@H](C)[C@H]2CCCO2)cc1OC. The molecule has 0 bridgehead atoms. The Kier molecular flexibility index (Phi) is 5.31. The molecule has 0 aliphatic carbocycles. The van der Waals surface area contributed by atoms with Crippen LogP contribution in [0.3, 0.4) is 0 Å². The number of sulfonamides is 1. The zero-order valence-corrected chi connectivity index (χ0v) is 14.2. The highest BCUT2D eigenvalue weighted by molar-refractivity contribution is 7.89. The maximum atomic E-state index is 12.6. The van der Waals surface area contributed by atoms with Gasteiger partial charge in [-0.2, -0.15) is 0 Å². The Morgan fingerprint density at radius 3 is 2.45 bits per heavy atom. The number of methoxy groups -OCH3 is 2. The van der Waals surface area contributed by atoms with E-state index in [9.17, 15) is 8.42 Å². The summed E-state index contributed by atoms with van der Waals surface area (Å²) in [5.41, 5.74) is 0.602. The molecular weight excluding hydrogens is 306 g/mol. The maximum absolute atomic E-state index is 12.6. The molecule has 1 N–H and O–H groups in total. The molecule has 6 nitrogen and oxygen atoms in total. The Morgan fingerprint density at radius 2 is 1.91 bits per heavy atom. The minimum atomic E-state index is -3.65. The van der Waals surface area contributed by atoms with Crippen LogP contribution in [0.5, 0.6) is 11.5 Å². The van der Waals surface area contributed by atoms with Gasteiger partial charge in [-0.05, 0) is 38.3 Å². The molecular formula is C15H23NO5S. The second kappa shape index (κ2) is 6.85. The van der Waals surface area contributed by atoms with Crippen molar-refractivity contribution >= 4 is 10.0 Å². The molecule has 0 amide bonds. The van der Waals surface area contributed by atoms with Gasteiger partial charge in [0.1, 0.15) is 0 Å². The van der Waals surface area contributed by atoms with E-state index >= 15 is 0 Å². The maximum Gasteiger partial charge on any atom is 0.241 e. The fraction of sp³-hybridized carbons (Fsp3) is 0.600. The van der Waals surface area contributed by atoms with Gasteiger partial charge in [-0.25, -0.2) is 13.1 Å². The molecule has 1 fully saturated rings. The van der Waals surface area contributed by atoms with Crippen molar-refractivity contribution in [3.05, 3.63) is 17.7 Å². The lowest BCUT2D eigenvalue weighted by Gasteiger charge is -2.21. The summed E-state index contributed by atoms with van der Waals surface area (Å²) in [7, 11) is -0.655. The molecule has 0 unspecified atom stereocenters. The largest absolute Gasteiger partial charge is 0.493 e. The first-order valence-electron chi connectivity index (χ1n) is 7.25. The molecule has 1 aliphatic heterocycles. The highest BCUT2D eigenvalue weighted by atomic mass is 32.2. The van der Waals surface area contributed by atoms with Crippen LogP contribution in [-0.4, -0.2) is 41.4 Å². The topological polar surface area (TPSA) is 73.9 Å². The van der Waals surface area contributed by atoms with Gasteiger partial charge in [-0.3, -0.25) is 0 Å². The molecule has 1 aliphatic rings. The standard InChI is InChI=1S/C15H23NO5S/c1-10-8-13(19-3)14(20-4)9-15(10)22(17,18)16-11(2)12-6-5-7-21-12/h8-9,11-12,16H,5-7H2,1-4H3/t11-,12+/m0/s1. The Labute approximate surface area is 131 Å². The fourth-order valence-electron chi connectivity index (χ4n) is 2.63. The summed E-state index contributed by atoms with van der Waals surface area (Å²) >= 11 is 0. The summed E-state index contributed by atoms with van der Waals surface area (Å²) in [6.07, 6.45) is 1.76. The quantitative estimate of drug-likeness (QED) is 0.862. The van der Waals surface area contributed by atoms with Gasteiger partial charge in [-0.1, -0.05) is 0 Å². The number of hydrogen-bond acceptors (Lipinski definition) is 5. The first-order valence-corrected chi connectivity index (χ1v) is 8.74. The smallest absolute Gasteiger partial charge is 0.241 e. The first kappa shape index (κ1) is 17.1. The van der Waals surface area contributed by atoms with Gasteiger partial charge in [0, 0.05) is 18.7 Å². The van der Waals surface area contributed by atoms with E-state index in [1.807, 2.05) is 6.92 Å². The molecule has 2 atom stereocenters. The van der Waals surface area contributed by atoms with Gasteiger partial charge in [-0.15, -0.1) is 0 Å². The Balaban J connectivity index is 2.28. The molecule has 0 aromatic heterocycles. The minimum absolute atomic E-state index is 0.0739. The Hall–Kier alpha value is -1.31. The number of rotatable bonds is 6. The average molecular weight is 329 g/mol. The summed E-state index contributed by atoms with van der Waals surface area (Å²) in [6, 6.07) is 2.86. The number of nitrogens with one attached hydrogen (secondary N) is 1. The molecule has 124 valence electrons. The first-order chi connectivity index (χ1) is 10.4. The van der Waals surface area contributed by atoms with Crippen molar-refractivity contribution < 1.29 is 22.6 Å². The summed E-state index contributed by atoms with van der Waals surface area (Å²) in [5, 5.41) is 0. The Bertz CT molecular complexity index is 623. The van der Waals surface area contributed by atoms with Crippen LogP contribution in [-0.2, 0) is 14.8 Å². The highest BCUT2D eigenvalue weighted by Crippen LogP contribution is 2.32. The predicted octanol–water partition coefficient (Wildman–Crippen LogP) is 1.86. The zero-order chi connectivity index (χ0) is 16.3. The summed E-state index contributed by atoms with van der Waals surface area (Å²) in [6.45, 7) is 4.24. The monoisotopic (exact) mass is 329 g/mol. The zero-order valence-electron chi connectivity index (χ0n) is 13.4. The summed E-state index contributed by atoms with van der Waals surface area (Å²) in [5.74, 6) is 0.893. The average Bonchev–Trinajstić information content (AvgIpc) is 3.00. The van der Waals surface area contributed by atoms with Gasteiger partial charge < -0.3 is 14.2 Å². The number of ether oxygens (including phenoxy) is 3. The molecule has 1 saturated heterocycles. The van der Waals surface area contributed by atoms with Crippen molar-refractivity contribution in [2.75, 3.05) is 20.8 Å². The molecule has 2 rings (SSSR count). The van der Waals surface area contributed by atoms with Gasteiger partial charge in [0.15, 0.2) is 11.5 Å². The van der Waals surface area contributed by atoms with Crippen LogP contribution in [0, 0.1) is 6.92 Å². The third-order valence-electron chi connectivity index (χ3n) is 3.83. The van der Waals surface area contributed by atoms with E-state index < -0.39 is 10.0 Å². The number of hydrogen-bond donors (Lipinski definition) is 1. The molecule has 1 aromatic rings. The normalized spacial score (nSPS) is 19.9. The van der Waals surface area contributed by atoms with Crippen LogP contribution in [0.2, 0.25) is 0 Å². The lowest BCUT2D eigenvalue weighted by Crippen LogP contribution is -2.40. The van der Waals surface area contributed by atoms with E-state index in [4.69, 9.17) is 14.2 Å². The van der Waals surface area contributed by atoms with Crippen molar-refractivity contribution in [3.8, 4) is 11.5 Å². The third kappa shape index (κ3) is 3.53. The van der Waals surface area contributed by atoms with E-state index in [1.165, 1.54) is 20.3 Å². The van der Waals surface area contributed by atoms with E-state index in [-0.39, 0.29) is 17.0 Å². The van der Waals surface area contributed by atoms with Gasteiger partial charge in [0.25, 0.3) is 0 Å². The number of aryl methyl sites for hydroxylation is 1. The predicted molar refractivity (Wildman–Crippen MR) is 83.0 cm³/mol. The minimum Gasteiger partial charge on any atom is -0.493 e. The van der Waals surface area contributed by atoms with Crippen molar-refractivity contribution in [1.82, 2.24) is 4.72 Å². The van der Waals surface area contributed by atoms with Crippen molar-refractivity contribution in [2.45, 2.75) is 43.7 Å². The van der Waals surface area contributed by atoms with Crippen LogP contribution in [0.4, 0.5) is 0 Å². The van der Waals surface area contributed by atoms with Crippen LogP contribution in [0.25, 0.3) is 0 Å².